The third kappa shape index (κ3) is 5.74. The Labute approximate surface area is 232 Å². The summed E-state index contributed by atoms with van der Waals surface area (Å²) >= 11 is 0. The zero-order valence-electron chi connectivity index (χ0n) is 21.6. The van der Waals surface area contributed by atoms with E-state index in [9.17, 15) is 40.5 Å². The Morgan fingerprint density at radius 3 is 2.29 bits per heavy atom. The van der Waals surface area contributed by atoms with E-state index in [1.54, 1.807) is 12.1 Å². The number of aromatic hydroxyl groups is 1. The van der Waals surface area contributed by atoms with Gasteiger partial charge in [-0.1, -0.05) is 12.1 Å². The van der Waals surface area contributed by atoms with E-state index in [0.29, 0.717) is 5.56 Å². The lowest BCUT2D eigenvalue weighted by Gasteiger charge is -2.41. The minimum atomic E-state index is -1.73. The summed E-state index contributed by atoms with van der Waals surface area (Å²) in [5.74, 6) is 0.0959. The Morgan fingerprint density at radius 2 is 1.59 bits per heavy atom. The SMILES string of the molecule is COc1cc2c(=O)c(-c3ccc(O)cc3)coc2cc1OC1OC(COC2OCC(O)C(O)C2O)C(O)C(O)C1O. The summed E-state index contributed by atoms with van der Waals surface area (Å²) in [4.78, 5) is 13.2. The second kappa shape index (κ2) is 11.9. The first-order chi connectivity index (χ1) is 19.6. The van der Waals surface area contributed by atoms with Gasteiger partial charge in [0, 0.05) is 6.07 Å². The molecule has 1 aromatic heterocycles. The topological polar surface area (TPSA) is 218 Å². The van der Waals surface area contributed by atoms with Crippen molar-refractivity contribution in [2.75, 3.05) is 20.3 Å². The van der Waals surface area contributed by atoms with Crippen molar-refractivity contribution < 1.29 is 63.8 Å². The van der Waals surface area contributed by atoms with E-state index in [-0.39, 0.29) is 45.8 Å². The number of hydrogen-bond acceptors (Lipinski definition) is 14. The van der Waals surface area contributed by atoms with Gasteiger partial charge in [0.05, 0.1) is 31.3 Å². The molecule has 14 heteroatoms. The zero-order valence-corrected chi connectivity index (χ0v) is 21.6. The molecule has 9 unspecified atom stereocenters. The molecule has 2 aliphatic heterocycles. The van der Waals surface area contributed by atoms with Crippen LogP contribution >= 0.6 is 0 Å². The molecule has 9 atom stereocenters. The molecule has 0 amide bonds. The fraction of sp³-hybridized carbons (Fsp3) is 0.444. The Balaban J connectivity index is 1.36. The van der Waals surface area contributed by atoms with Crippen LogP contribution < -0.4 is 14.9 Å². The van der Waals surface area contributed by atoms with Crippen LogP contribution in [0.15, 0.2) is 51.9 Å². The van der Waals surface area contributed by atoms with Gasteiger partial charge < -0.3 is 63.8 Å². The molecule has 2 aliphatic rings. The molecule has 2 saturated heterocycles. The zero-order chi connectivity index (χ0) is 29.4. The lowest BCUT2D eigenvalue weighted by Crippen LogP contribution is -2.61. The number of rotatable bonds is 7. The summed E-state index contributed by atoms with van der Waals surface area (Å²) in [6.07, 6.45) is -12.4. The predicted octanol–water partition coefficient (Wildman–Crippen LogP) is -1.18. The highest BCUT2D eigenvalue weighted by atomic mass is 16.7. The van der Waals surface area contributed by atoms with Gasteiger partial charge in [-0.2, -0.15) is 0 Å². The Morgan fingerprint density at radius 1 is 0.878 bits per heavy atom. The largest absolute Gasteiger partial charge is 0.508 e. The number of ether oxygens (including phenoxy) is 5. The maximum Gasteiger partial charge on any atom is 0.229 e. The summed E-state index contributed by atoms with van der Waals surface area (Å²) < 4.78 is 33.1. The molecule has 0 radical (unpaired) electrons. The fourth-order valence-electron chi connectivity index (χ4n) is 4.62. The first-order valence-electron chi connectivity index (χ1n) is 12.7. The number of phenols is 1. The Hall–Kier alpha value is -3.31. The van der Waals surface area contributed by atoms with Gasteiger partial charge in [0.15, 0.2) is 17.8 Å². The van der Waals surface area contributed by atoms with Gasteiger partial charge in [-0.25, -0.2) is 0 Å². The molecular formula is C27H30O14. The number of phenolic OH excluding ortho intramolecular Hbond substituents is 1. The molecule has 5 rings (SSSR count). The van der Waals surface area contributed by atoms with Gasteiger partial charge in [0.2, 0.25) is 11.7 Å². The van der Waals surface area contributed by atoms with E-state index in [1.165, 1.54) is 37.6 Å². The summed E-state index contributed by atoms with van der Waals surface area (Å²) in [6.45, 7) is -0.766. The van der Waals surface area contributed by atoms with E-state index in [4.69, 9.17) is 28.1 Å². The highest BCUT2D eigenvalue weighted by Gasteiger charge is 2.46. The van der Waals surface area contributed by atoms with Gasteiger partial charge in [0.1, 0.15) is 60.3 Å². The van der Waals surface area contributed by atoms with E-state index in [0.717, 1.165) is 0 Å². The van der Waals surface area contributed by atoms with Gasteiger partial charge >= 0.3 is 0 Å². The molecule has 7 N–H and O–H groups in total. The van der Waals surface area contributed by atoms with E-state index >= 15 is 0 Å². The first-order valence-corrected chi connectivity index (χ1v) is 12.7. The van der Waals surface area contributed by atoms with Crippen LogP contribution in [0.3, 0.4) is 0 Å². The molecule has 0 aliphatic carbocycles. The standard InChI is InChI=1S/C27H30O14/c1-36-17-6-13-16(37-8-14(20(13)30)11-2-4-12(28)5-3-11)7-18(17)40-27-25(35)23(33)22(32)19(41-27)10-39-26-24(34)21(31)15(29)9-38-26/h2-8,15,19,21-29,31-35H,9-10H2,1H3. The van der Waals surface area contributed by atoms with Crippen LogP contribution in [0.4, 0.5) is 0 Å². The van der Waals surface area contributed by atoms with Crippen LogP contribution in [0.2, 0.25) is 0 Å². The average molecular weight is 579 g/mol. The lowest BCUT2D eigenvalue weighted by molar-refractivity contribution is -0.307. The quantitative estimate of drug-likeness (QED) is 0.176. The molecule has 41 heavy (non-hydrogen) atoms. The highest BCUT2D eigenvalue weighted by molar-refractivity contribution is 5.84. The molecule has 3 aromatic rings. The third-order valence-corrected chi connectivity index (χ3v) is 7.03. The summed E-state index contributed by atoms with van der Waals surface area (Å²) in [7, 11) is 1.33. The first kappa shape index (κ1) is 29.2. The second-order valence-electron chi connectivity index (χ2n) is 9.74. The van der Waals surface area contributed by atoms with Crippen molar-refractivity contribution in [1.29, 1.82) is 0 Å². The van der Waals surface area contributed by atoms with Crippen LogP contribution in [-0.4, -0.2) is 111 Å². The van der Waals surface area contributed by atoms with E-state index in [2.05, 4.69) is 0 Å². The smallest absolute Gasteiger partial charge is 0.229 e. The molecule has 0 saturated carbocycles. The lowest BCUT2D eigenvalue weighted by atomic mass is 9.99. The van der Waals surface area contributed by atoms with Crippen LogP contribution in [0.25, 0.3) is 22.1 Å². The van der Waals surface area contributed by atoms with Gasteiger partial charge in [-0.15, -0.1) is 0 Å². The monoisotopic (exact) mass is 578 g/mol. The molecule has 0 bridgehead atoms. The summed E-state index contributed by atoms with van der Waals surface area (Å²) in [5.41, 5.74) is 0.502. The normalized spacial score (nSPS) is 32.1. The minimum absolute atomic E-state index is 0.0176. The van der Waals surface area contributed by atoms with Gasteiger partial charge in [-0.3, -0.25) is 4.79 Å². The number of methoxy groups -OCH3 is 1. The van der Waals surface area contributed by atoms with E-state index in [1.807, 2.05) is 0 Å². The molecule has 0 spiro atoms. The Bertz CT molecular complexity index is 1410. The van der Waals surface area contributed by atoms with Crippen LogP contribution in [0.5, 0.6) is 17.2 Å². The fourth-order valence-corrected chi connectivity index (χ4v) is 4.62. The molecule has 2 aromatic carbocycles. The number of aliphatic hydroxyl groups excluding tert-OH is 6. The van der Waals surface area contributed by atoms with Crippen molar-refractivity contribution >= 4 is 11.0 Å². The highest BCUT2D eigenvalue weighted by Crippen LogP contribution is 2.35. The number of aliphatic hydroxyl groups is 6. The molecule has 2 fully saturated rings. The van der Waals surface area contributed by atoms with Crippen molar-refractivity contribution in [3.8, 4) is 28.4 Å². The predicted molar refractivity (Wildman–Crippen MR) is 137 cm³/mol. The molecule has 14 nitrogen and oxygen atoms in total. The van der Waals surface area contributed by atoms with Crippen LogP contribution in [-0.2, 0) is 14.2 Å². The van der Waals surface area contributed by atoms with Gasteiger partial charge in [0.25, 0.3) is 0 Å². The second-order valence-corrected chi connectivity index (χ2v) is 9.74. The number of hydrogen-bond donors (Lipinski definition) is 7. The number of fused-ring (bicyclic) bond motifs is 1. The van der Waals surface area contributed by atoms with E-state index < -0.39 is 61.9 Å². The summed E-state index contributed by atoms with van der Waals surface area (Å²) in [5, 5.41) is 70.6. The Kier molecular flexibility index (Phi) is 8.47. The minimum Gasteiger partial charge on any atom is -0.508 e. The van der Waals surface area contributed by atoms with Crippen molar-refractivity contribution in [3.63, 3.8) is 0 Å². The average Bonchev–Trinajstić information content (AvgIpc) is 2.97. The van der Waals surface area contributed by atoms with Gasteiger partial charge in [-0.05, 0) is 23.8 Å². The molecule has 3 heterocycles. The maximum atomic E-state index is 13.2. The molecule has 222 valence electrons. The van der Waals surface area contributed by atoms with Crippen LogP contribution in [0.1, 0.15) is 0 Å². The van der Waals surface area contributed by atoms with Crippen LogP contribution in [0, 0.1) is 0 Å². The van der Waals surface area contributed by atoms with Crippen molar-refractivity contribution in [2.24, 2.45) is 0 Å². The number of benzene rings is 2. The molecular weight excluding hydrogens is 548 g/mol. The summed E-state index contributed by atoms with van der Waals surface area (Å²) in [6, 6.07) is 8.73. The van der Waals surface area contributed by atoms with Crippen molar-refractivity contribution in [2.45, 2.75) is 55.3 Å². The third-order valence-electron chi connectivity index (χ3n) is 7.03. The van der Waals surface area contributed by atoms with Crippen molar-refractivity contribution in [3.05, 3.63) is 52.9 Å². The maximum absolute atomic E-state index is 13.2. The van der Waals surface area contributed by atoms with Crippen molar-refractivity contribution in [1.82, 2.24) is 0 Å².